The van der Waals surface area contributed by atoms with Gasteiger partial charge in [0.25, 0.3) is 11.8 Å². The average Bonchev–Trinajstić information content (AvgIpc) is 3.22. The topological polar surface area (TPSA) is 99.0 Å². The minimum absolute atomic E-state index is 0.0115. The van der Waals surface area contributed by atoms with Crippen LogP contribution in [0.1, 0.15) is 26.5 Å². The van der Waals surface area contributed by atoms with E-state index in [-0.39, 0.29) is 17.0 Å². The molecule has 0 bridgehead atoms. The predicted molar refractivity (Wildman–Crippen MR) is 129 cm³/mol. The molecule has 2 N–H and O–H groups in total. The predicted octanol–water partition coefficient (Wildman–Crippen LogP) is 5.27. The van der Waals surface area contributed by atoms with Crippen molar-refractivity contribution in [1.82, 2.24) is 0 Å². The fourth-order valence-electron chi connectivity index (χ4n) is 3.55. The lowest BCUT2D eigenvalue weighted by atomic mass is 10.1. The molecule has 174 valence electrons. The summed E-state index contributed by atoms with van der Waals surface area (Å²) in [7, 11) is 4.42. The third kappa shape index (κ3) is 4.38. The van der Waals surface area contributed by atoms with Crippen molar-refractivity contribution in [2.24, 2.45) is 0 Å². The van der Waals surface area contributed by atoms with Gasteiger partial charge in [-0.25, -0.2) is 0 Å². The first kappa shape index (κ1) is 22.7. The van der Waals surface area contributed by atoms with Crippen molar-refractivity contribution in [2.45, 2.75) is 6.92 Å². The van der Waals surface area contributed by atoms with Crippen molar-refractivity contribution in [3.63, 3.8) is 0 Å². The lowest BCUT2D eigenvalue weighted by Crippen LogP contribution is -2.17. The zero-order valence-electron chi connectivity index (χ0n) is 19.2. The maximum atomic E-state index is 13.2. The van der Waals surface area contributed by atoms with Crippen LogP contribution in [-0.2, 0) is 0 Å². The van der Waals surface area contributed by atoms with Gasteiger partial charge in [0.2, 0.25) is 11.5 Å². The van der Waals surface area contributed by atoms with Crippen LogP contribution in [-0.4, -0.2) is 33.1 Å². The minimum atomic E-state index is -0.486. The third-order valence-electron chi connectivity index (χ3n) is 5.28. The SMILES string of the molecule is COc1cc(C(=O)Nc2c(C(=O)Nc3ccc(C)cc3)oc3ccccc23)cc(OC)c1OC. The summed E-state index contributed by atoms with van der Waals surface area (Å²) in [5, 5.41) is 6.23. The number of hydrogen-bond donors (Lipinski definition) is 2. The van der Waals surface area contributed by atoms with Gasteiger partial charge >= 0.3 is 0 Å². The highest BCUT2D eigenvalue weighted by molar-refractivity contribution is 6.17. The Balaban J connectivity index is 1.71. The molecule has 0 aliphatic heterocycles. The molecule has 0 fully saturated rings. The average molecular weight is 460 g/mol. The first-order chi connectivity index (χ1) is 16.4. The van der Waals surface area contributed by atoms with Gasteiger partial charge in [0, 0.05) is 16.6 Å². The summed E-state index contributed by atoms with van der Waals surface area (Å²) < 4.78 is 21.8. The van der Waals surface area contributed by atoms with Gasteiger partial charge in [0.15, 0.2) is 11.5 Å². The molecular formula is C26H24N2O6. The van der Waals surface area contributed by atoms with Crippen LogP contribution >= 0.6 is 0 Å². The molecule has 0 radical (unpaired) electrons. The number of hydrogen-bond acceptors (Lipinski definition) is 6. The maximum Gasteiger partial charge on any atom is 0.293 e. The van der Waals surface area contributed by atoms with Crippen LogP contribution < -0.4 is 24.8 Å². The highest BCUT2D eigenvalue weighted by Crippen LogP contribution is 2.39. The van der Waals surface area contributed by atoms with Crippen LogP contribution in [0, 0.1) is 6.92 Å². The van der Waals surface area contributed by atoms with Gasteiger partial charge in [0.1, 0.15) is 11.3 Å². The van der Waals surface area contributed by atoms with Gasteiger partial charge in [-0.2, -0.15) is 0 Å². The summed E-state index contributed by atoms with van der Waals surface area (Å²) in [6.07, 6.45) is 0. The van der Waals surface area contributed by atoms with Gasteiger partial charge in [-0.15, -0.1) is 0 Å². The number of nitrogens with one attached hydrogen (secondary N) is 2. The van der Waals surface area contributed by atoms with Gasteiger partial charge in [-0.1, -0.05) is 29.8 Å². The Morgan fingerprint density at radius 2 is 1.44 bits per heavy atom. The van der Waals surface area contributed by atoms with E-state index in [0.717, 1.165) is 5.56 Å². The molecule has 4 aromatic rings. The Morgan fingerprint density at radius 3 is 2.06 bits per heavy atom. The lowest BCUT2D eigenvalue weighted by Gasteiger charge is -2.14. The second-order valence-electron chi connectivity index (χ2n) is 7.49. The first-order valence-corrected chi connectivity index (χ1v) is 10.5. The van der Waals surface area contributed by atoms with E-state index in [1.54, 1.807) is 36.4 Å². The molecular weight excluding hydrogens is 436 g/mol. The van der Waals surface area contributed by atoms with Crippen LogP contribution in [0.2, 0.25) is 0 Å². The zero-order chi connectivity index (χ0) is 24.2. The lowest BCUT2D eigenvalue weighted by molar-refractivity contribution is 0.0999. The first-order valence-electron chi connectivity index (χ1n) is 10.5. The van der Waals surface area contributed by atoms with Crippen LogP contribution in [0.3, 0.4) is 0 Å². The molecule has 0 atom stereocenters. The summed E-state index contributed by atoms with van der Waals surface area (Å²) in [5.74, 6) is 0.0641. The standard InChI is InChI=1S/C26H24N2O6/c1-15-9-11-17(12-10-15)27-26(30)24-22(18-7-5-6-8-19(18)34-24)28-25(29)16-13-20(31-2)23(33-4)21(14-16)32-3/h5-14H,1-4H3,(H,27,30)(H,28,29). The number of fused-ring (bicyclic) bond motifs is 1. The molecule has 1 aromatic heterocycles. The smallest absolute Gasteiger partial charge is 0.293 e. The molecule has 1 heterocycles. The molecule has 4 rings (SSSR count). The van der Waals surface area contributed by atoms with E-state index in [2.05, 4.69) is 10.6 Å². The highest BCUT2D eigenvalue weighted by atomic mass is 16.5. The van der Waals surface area contributed by atoms with E-state index < -0.39 is 11.8 Å². The van der Waals surface area contributed by atoms with Crippen LogP contribution in [0.25, 0.3) is 11.0 Å². The number of benzene rings is 3. The Kier molecular flexibility index (Phi) is 6.40. The molecule has 2 amide bonds. The number of furan rings is 1. The number of methoxy groups -OCH3 is 3. The van der Waals surface area contributed by atoms with E-state index in [4.69, 9.17) is 18.6 Å². The second-order valence-corrected chi connectivity index (χ2v) is 7.49. The second kappa shape index (κ2) is 9.58. The van der Waals surface area contributed by atoms with Crippen molar-refractivity contribution in [3.05, 3.63) is 77.6 Å². The number of carbonyl (C=O) groups excluding carboxylic acids is 2. The molecule has 0 saturated heterocycles. The van der Waals surface area contributed by atoms with E-state index in [9.17, 15) is 9.59 Å². The molecule has 3 aromatic carbocycles. The summed E-state index contributed by atoms with van der Waals surface area (Å²) in [4.78, 5) is 26.3. The van der Waals surface area contributed by atoms with Gasteiger partial charge in [-0.05, 0) is 43.3 Å². The summed E-state index contributed by atoms with van der Waals surface area (Å²) in [5.41, 5.74) is 2.67. The van der Waals surface area contributed by atoms with Crippen molar-refractivity contribution in [2.75, 3.05) is 32.0 Å². The van der Waals surface area contributed by atoms with Crippen LogP contribution in [0.5, 0.6) is 17.2 Å². The quantitative estimate of drug-likeness (QED) is 0.390. The monoisotopic (exact) mass is 460 g/mol. The number of para-hydroxylation sites is 1. The van der Waals surface area contributed by atoms with E-state index in [1.165, 1.54) is 33.5 Å². The number of anilines is 2. The largest absolute Gasteiger partial charge is 0.493 e. The third-order valence-corrected chi connectivity index (χ3v) is 5.28. The Hall–Kier alpha value is -4.46. The molecule has 0 saturated carbocycles. The van der Waals surface area contributed by atoms with E-state index >= 15 is 0 Å². The van der Waals surface area contributed by atoms with Crippen molar-refractivity contribution in [3.8, 4) is 17.2 Å². The van der Waals surface area contributed by atoms with Gasteiger partial charge in [-0.3, -0.25) is 9.59 Å². The molecule has 34 heavy (non-hydrogen) atoms. The van der Waals surface area contributed by atoms with Crippen LogP contribution in [0.4, 0.5) is 11.4 Å². The maximum absolute atomic E-state index is 13.2. The number of ether oxygens (including phenoxy) is 3. The fourth-order valence-corrected chi connectivity index (χ4v) is 3.55. The highest BCUT2D eigenvalue weighted by Gasteiger charge is 2.24. The molecule has 0 aliphatic rings. The summed E-state index contributed by atoms with van der Waals surface area (Å²) in [6.45, 7) is 1.96. The van der Waals surface area contributed by atoms with Crippen molar-refractivity contribution in [1.29, 1.82) is 0 Å². The van der Waals surface area contributed by atoms with E-state index in [1.807, 2.05) is 19.1 Å². The number of carbonyl (C=O) groups is 2. The number of amides is 2. The fraction of sp³-hybridized carbons (Fsp3) is 0.154. The molecule has 0 unspecified atom stereocenters. The summed E-state index contributed by atoms with van der Waals surface area (Å²) in [6, 6.07) is 17.5. The number of aryl methyl sites for hydroxylation is 1. The Labute approximate surface area is 196 Å². The minimum Gasteiger partial charge on any atom is -0.493 e. The van der Waals surface area contributed by atoms with Gasteiger partial charge in [0.05, 0.1) is 21.3 Å². The molecule has 8 nitrogen and oxygen atoms in total. The Bertz CT molecular complexity index is 1330. The molecule has 8 heteroatoms. The normalized spacial score (nSPS) is 10.6. The van der Waals surface area contributed by atoms with E-state index in [0.29, 0.717) is 33.9 Å². The van der Waals surface area contributed by atoms with Crippen molar-refractivity contribution < 1.29 is 28.2 Å². The number of rotatable bonds is 7. The van der Waals surface area contributed by atoms with Crippen molar-refractivity contribution >= 4 is 34.2 Å². The Morgan fingerprint density at radius 1 is 0.794 bits per heavy atom. The van der Waals surface area contributed by atoms with Crippen LogP contribution in [0.15, 0.2) is 65.1 Å². The summed E-state index contributed by atoms with van der Waals surface area (Å²) >= 11 is 0. The molecule has 0 spiro atoms. The molecule has 0 aliphatic carbocycles. The van der Waals surface area contributed by atoms with Gasteiger partial charge < -0.3 is 29.3 Å². The zero-order valence-corrected chi connectivity index (χ0v) is 19.2.